The van der Waals surface area contributed by atoms with Crippen LogP contribution >= 0.6 is 23.2 Å². The van der Waals surface area contributed by atoms with Crippen LogP contribution in [-0.4, -0.2) is 218 Å². The van der Waals surface area contributed by atoms with E-state index in [-0.39, 0.29) is 63.9 Å². The fourth-order valence-corrected chi connectivity index (χ4v) is 17.5. The first kappa shape index (κ1) is 97.1. The van der Waals surface area contributed by atoms with Gasteiger partial charge in [-0.25, -0.2) is 19.2 Å². The van der Waals surface area contributed by atoms with E-state index in [2.05, 4.69) is 37.2 Å². The van der Waals surface area contributed by atoms with Gasteiger partial charge < -0.3 is 146 Å². The molecule has 11 aromatic rings. The lowest BCUT2D eigenvalue weighted by Gasteiger charge is -2.41. The maximum absolute atomic E-state index is 16.9. The first-order chi connectivity index (χ1) is 67.6. The zero-order valence-electron chi connectivity index (χ0n) is 73.4. The largest absolute Gasteiger partial charge is 0.508 e. The average molecular weight is 1970 g/mol. The van der Waals surface area contributed by atoms with E-state index in [0.29, 0.717) is 11.1 Å². The van der Waals surface area contributed by atoms with Crippen LogP contribution in [0.1, 0.15) is 107 Å². The highest BCUT2D eigenvalue weighted by Gasteiger charge is 2.51. The van der Waals surface area contributed by atoms with Gasteiger partial charge in [-0.1, -0.05) is 114 Å². The molecule has 0 radical (unpaired) electrons. The van der Waals surface area contributed by atoms with E-state index >= 15 is 28.8 Å². The summed E-state index contributed by atoms with van der Waals surface area (Å²) in [5.74, 6) is -20.3. The summed E-state index contributed by atoms with van der Waals surface area (Å²) >= 11 is 14.4. The molecule has 2 saturated heterocycles. The van der Waals surface area contributed by atoms with Crippen LogP contribution in [0.5, 0.6) is 80.5 Å². The van der Waals surface area contributed by atoms with Crippen LogP contribution in [0.2, 0.25) is 10.0 Å². The summed E-state index contributed by atoms with van der Waals surface area (Å²) in [5, 5.41) is 167. The number of carbonyl (C=O) groups is 10. The monoisotopic (exact) mass is 1970 g/mol. The summed E-state index contributed by atoms with van der Waals surface area (Å²) in [5.41, 5.74) is -2.35. The number of nitrogens with zero attached hydrogens (tertiary/aromatic N) is 1. The number of phenolic OH excluding ortho intramolecular Hbond substituents is 4. The number of carboxylic acids is 2. The van der Waals surface area contributed by atoms with Gasteiger partial charge in [0.1, 0.15) is 131 Å². The van der Waals surface area contributed by atoms with Crippen molar-refractivity contribution in [1.29, 1.82) is 0 Å². The van der Waals surface area contributed by atoms with E-state index in [1.807, 2.05) is 0 Å². The lowest BCUT2D eigenvalue weighted by molar-refractivity contribution is -0.277. The van der Waals surface area contributed by atoms with Gasteiger partial charge in [-0.05, 0) is 167 Å². The second-order valence-corrected chi connectivity index (χ2v) is 34.5. The van der Waals surface area contributed by atoms with E-state index in [0.717, 1.165) is 72.8 Å². The fraction of sp³-hybridized carbons (Fsp3) is 0.232. The molecule has 4 unspecified atom stereocenters. The second kappa shape index (κ2) is 40.9. The fourth-order valence-electron chi connectivity index (χ4n) is 17.0. The predicted octanol–water partition coefficient (Wildman–Crippen LogP) is 6.43. The molecule has 6 amide bonds. The number of amides is 6. The Labute approximate surface area is 807 Å². The van der Waals surface area contributed by atoms with E-state index in [9.17, 15) is 85.6 Å². The van der Waals surface area contributed by atoms with Gasteiger partial charge in [0, 0.05) is 53.9 Å². The van der Waals surface area contributed by atoms with Crippen LogP contribution in [0.15, 0.2) is 224 Å². The lowest BCUT2D eigenvalue weighted by Crippen LogP contribution is -2.65. The molecule has 0 aromatic heterocycles. The van der Waals surface area contributed by atoms with Crippen molar-refractivity contribution in [2.75, 3.05) is 13.7 Å². The number of esters is 2. The number of aliphatic hydroxyl groups is 7. The number of hydrogen-bond acceptors (Lipinski definition) is 32. The summed E-state index contributed by atoms with van der Waals surface area (Å²) in [6.07, 6.45) is -21.9. The van der Waals surface area contributed by atoms with Crippen molar-refractivity contribution in [2.45, 2.75) is 129 Å². The van der Waals surface area contributed by atoms with Crippen molar-refractivity contribution in [3.05, 3.63) is 296 Å². The Balaban J connectivity index is 0.842. The zero-order chi connectivity index (χ0) is 99.8. The third kappa shape index (κ3) is 20.7. The number of phenols is 4. The molecule has 42 heteroatoms. The second-order valence-electron chi connectivity index (χ2n) is 33.7. The maximum atomic E-state index is 16.9. The van der Waals surface area contributed by atoms with Gasteiger partial charge in [0.2, 0.25) is 53.8 Å². The number of fused-ring (bicyclic) bond motifs is 14. The first-order valence-corrected chi connectivity index (χ1v) is 44.3. The zero-order valence-corrected chi connectivity index (χ0v) is 74.9. The third-order valence-electron chi connectivity index (χ3n) is 24.3. The molecule has 20 N–H and O–H groups in total. The maximum Gasteiger partial charge on any atom is 0.343 e. The summed E-state index contributed by atoms with van der Waals surface area (Å²) in [7, 11) is 1.55. The van der Waals surface area contributed by atoms with Crippen molar-refractivity contribution < 1.29 is 157 Å². The molecule has 17 bridgehead atoms. The molecule has 8 heterocycles. The highest BCUT2D eigenvalue weighted by molar-refractivity contribution is 6.33. The standard InChI is InChI=1S/C99H86Cl2N8O32/c1-109(41-45-14-20-47(21-15-45)97(132)136-54-10-6-3-7-11-54)79-49-23-28-63(113)66(33-49)134-56-38-59(72(101)64(114)39-56)75-91(124)105-74-51-34-68(133-55-25-16-43(17-26-55)30-61(88(121)106-75)103-93(79)126)86(140-98-78(82(117)84(119)87(141-98)95(129)130)102-40-44-12-18-46(19-13-44)96(131)135-53-8-4-2-5-9-53)69(35-51)137-65-29-24-50(32-60(65)100)80(115)77-92(125)107-76(94(127)128)58-36-52(111)37-67(138-99-85(120)83(118)81(116)70(42-110)139-99)71(58)57-31-48(22-27-62(57)112)73(89(122)108-77)104-90(74)123/h2-29,31-39,61,70,73-85,87,98-99,102,110-120H,30,40-42H2,1H3,(H,103,126)(H,104,123)(H,105,124)(H,106,121)(H,107,125)(H,108,122)(H,127,128)(H,129,130)/t61-,70-,73-,74-,75+,76+,77?,78?,79-,80-,81-,82-,83+,84?,85+,87?,98-,99+/m1/s1. The molecule has 0 saturated carbocycles. The molecule has 0 spiro atoms. The topological polar surface area (TPSA) is 604 Å². The smallest absolute Gasteiger partial charge is 0.343 e. The molecule has 141 heavy (non-hydrogen) atoms. The molecular weight excluding hydrogens is 1880 g/mol. The minimum Gasteiger partial charge on any atom is -0.508 e. The Bertz CT molecular complexity index is 6710. The highest BCUT2D eigenvalue weighted by atomic mass is 35.5. The Morgan fingerprint density at radius 1 is 0.475 bits per heavy atom. The van der Waals surface area contributed by atoms with E-state index < -0.39 is 283 Å². The number of nitrogens with one attached hydrogen (secondary N) is 7. The number of ether oxygens (including phenoxy) is 9. The predicted molar refractivity (Wildman–Crippen MR) is 489 cm³/mol. The summed E-state index contributed by atoms with van der Waals surface area (Å²) in [6.45, 7) is -1.37. The van der Waals surface area contributed by atoms with Crippen molar-refractivity contribution >= 4 is 82.5 Å². The molecule has 728 valence electrons. The van der Waals surface area contributed by atoms with E-state index in [1.54, 1.807) is 84.7 Å². The minimum atomic E-state index is -2.52. The first-order valence-electron chi connectivity index (χ1n) is 43.5. The number of hydrogen-bond donors (Lipinski definition) is 20. The van der Waals surface area contributed by atoms with Crippen LogP contribution < -0.4 is 70.4 Å². The average Bonchev–Trinajstić information content (AvgIpc) is 0.748. The van der Waals surface area contributed by atoms with E-state index in [4.69, 9.17) is 65.8 Å². The number of rotatable bonds is 17. The molecule has 40 nitrogen and oxygen atoms in total. The summed E-state index contributed by atoms with van der Waals surface area (Å²) in [4.78, 5) is 153. The van der Waals surface area contributed by atoms with Crippen LogP contribution in [0, 0.1) is 0 Å². The van der Waals surface area contributed by atoms with Gasteiger partial charge in [-0.2, -0.15) is 0 Å². The molecular formula is C99H86Cl2N8O32. The van der Waals surface area contributed by atoms with Crippen LogP contribution in [0.3, 0.4) is 0 Å². The third-order valence-corrected chi connectivity index (χ3v) is 25.0. The molecule has 0 aliphatic carbocycles. The quantitative estimate of drug-likeness (QED) is 0.0345. The number of aliphatic carboxylic acids is 2. The van der Waals surface area contributed by atoms with Crippen LogP contribution in [-0.2, 0) is 67.3 Å². The van der Waals surface area contributed by atoms with Gasteiger partial charge in [0.15, 0.2) is 35.1 Å². The van der Waals surface area contributed by atoms with Crippen LogP contribution in [0.4, 0.5) is 0 Å². The Kier molecular flexibility index (Phi) is 28.1. The number of carbonyl (C=O) groups excluding carboxylic acids is 8. The number of para-hydroxylation sites is 2. The van der Waals surface area contributed by atoms with Crippen LogP contribution in [0.25, 0.3) is 11.1 Å². The molecule has 18 atom stereocenters. The molecule has 8 aliphatic heterocycles. The van der Waals surface area contributed by atoms with Gasteiger partial charge >= 0.3 is 23.9 Å². The summed E-state index contributed by atoms with van der Waals surface area (Å²) in [6, 6.07) is 32.6. The SMILES string of the molecule is CN(Cc1ccc(C(=O)Oc2ccccc2)cc1)[C@H]1C(=O)N[C@@H]2Cc3ccc(cc3)Oc3cc4cc(c3O[C@@H]3OC(C(=O)O)C(O)[C@H](O)C3NCc3ccc(C(=O)Oc5ccccc5)cc3)Oc3ccc(cc3Cl)[C@@H](O)C3NC(=O)[C@H](NC(=O)[C@@H]4NC(=O)[C@@H](NC2=O)c2cc(cc(O)c2Cl)Oc2cc1ccc2O)c1ccc(O)c(c1)-c1c(O[C@H]2O[C@H](CO)[C@@H](O)[C@H](O)[C@@H]2O)cc(O)cc1[C@@H](C(=O)O)NC3=O. The molecule has 2 fully saturated rings. The minimum absolute atomic E-state index is 0.0759. The van der Waals surface area contributed by atoms with Gasteiger partial charge in [-0.15, -0.1) is 0 Å². The summed E-state index contributed by atoms with van der Waals surface area (Å²) < 4.78 is 55.8. The van der Waals surface area contributed by atoms with Gasteiger partial charge in [-0.3, -0.25) is 33.7 Å². The Morgan fingerprint density at radius 3 is 1.72 bits per heavy atom. The lowest BCUT2D eigenvalue weighted by atomic mass is 9.89. The Hall–Kier alpha value is -15.5. The number of aliphatic hydroxyl groups excluding tert-OH is 7. The number of carboxylic acid groups (broad SMARTS) is 2. The van der Waals surface area contributed by atoms with Crippen molar-refractivity contribution in [3.63, 3.8) is 0 Å². The van der Waals surface area contributed by atoms with Gasteiger partial charge in [0.25, 0.3) is 0 Å². The highest BCUT2D eigenvalue weighted by Crippen LogP contribution is 2.51. The Morgan fingerprint density at radius 2 is 1.07 bits per heavy atom. The van der Waals surface area contributed by atoms with Crippen molar-refractivity contribution in [3.8, 4) is 91.6 Å². The molecule has 19 rings (SSSR count). The number of aromatic hydroxyl groups is 4. The van der Waals surface area contributed by atoms with E-state index in [1.165, 1.54) is 78.9 Å². The number of benzene rings is 11. The number of halogens is 2. The number of likely N-dealkylation sites (N-methyl/N-ethyl adjacent to an activating group) is 1. The van der Waals surface area contributed by atoms with Crippen molar-refractivity contribution in [2.24, 2.45) is 0 Å². The normalized spacial score (nSPS) is 24.4. The van der Waals surface area contributed by atoms with Gasteiger partial charge in [0.05, 0.1) is 33.8 Å². The van der Waals surface area contributed by atoms with Crippen molar-refractivity contribution in [1.82, 2.24) is 42.1 Å². The molecule has 8 aliphatic rings. The molecule has 11 aromatic carbocycles.